The first kappa shape index (κ1) is 16.9. The van der Waals surface area contributed by atoms with Gasteiger partial charge >= 0.3 is 0 Å². The Morgan fingerprint density at radius 3 is 2.72 bits per heavy atom. The summed E-state index contributed by atoms with van der Waals surface area (Å²) in [4.78, 5) is 18.9. The number of aryl methyl sites for hydroxylation is 2. The third-order valence-corrected chi connectivity index (χ3v) is 4.94. The van der Waals surface area contributed by atoms with Crippen molar-refractivity contribution < 1.29 is 17.7 Å². The van der Waals surface area contributed by atoms with E-state index in [-0.39, 0.29) is 16.9 Å². The van der Waals surface area contributed by atoms with Crippen molar-refractivity contribution in [1.82, 2.24) is 19.8 Å². The molecule has 0 unspecified atom stereocenters. The molecule has 3 aromatic rings. The molecule has 0 aliphatic heterocycles. The van der Waals surface area contributed by atoms with Gasteiger partial charge in [-0.05, 0) is 31.5 Å². The zero-order valence-electron chi connectivity index (χ0n) is 13.6. The van der Waals surface area contributed by atoms with Crippen molar-refractivity contribution in [3.05, 3.63) is 65.1 Å². The number of sulfonamides is 1. The van der Waals surface area contributed by atoms with E-state index in [9.17, 15) is 13.2 Å². The lowest BCUT2D eigenvalue weighted by Crippen LogP contribution is -2.31. The van der Waals surface area contributed by atoms with Crippen LogP contribution in [0.25, 0.3) is 0 Å². The summed E-state index contributed by atoms with van der Waals surface area (Å²) in [5, 5.41) is 3.70. The van der Waals surface area contributed by atoms with E-state index in [1.165, 1.54) is 24.5 Å². The smallest absolute Gasteiger partial charge is 0.266 e. The summed E-state index contributed by atoms with van der Waals surface area (Å²) in [5.41, 5.74) is 1.57. The van der Waals surface area contributed by atoms with Crippen LogP contribution in [0.2, 0.25) is 0 Å². The highest BCUT2D eigenvalue weighted by atomic mass is 32.2. The van der Waals surface area contributed by atoms with Gasteiger partial charge in [-0.3, -0.25) is 4.79 Å². The van der Waals surface area contributed by atoms with Crippen LogP contribution in [0, 0.1) is 13.8 Å². The van der Waals surface area contributed by atoms with Crippen LogP contribution < -0.4 is 4.72 Å². The van der Waals surface area contributed by atoms with Gasteiger partial charge in [0.1, 0.15) is 0 Å². The third kappa shape index (κ3) is 3.77. The average Bonchev–Trinajstić information content (AvgIpc) is 3.18. The highest BCUT2D eigenvalue weighted by molar-refractivity contribution is 7.90. The number of nitrogens with zero attached hydrogens (tertiary/aromatic N) is 2. The summed E-state index contributed by atoms with van der Waals surface area (Å²) in [7, 11) is -4.05. The molecule has 1 amide bonds. The van der Waals surface area contributed by atoms with E-state index in [2.05, 4.69) is 19.8 Å². The molecule has 0 saturated carbocycles. The van der Waals surface area contributed by atoms with Crippen LogP contribution in [0.15, 0.2) is 46.1 Å². The van der Waals surface area contributed by atoms with E-state index < -0.39 is 15.9 Å². The molecule has 0 aliphatic rings. The molecule has 0 spiro atoms. The number of aromatic nitrogens is 3. The Hall–Kier alpha value is -2.94. The predicted octanol–water partition coefficient (Wildman–Crippen LogP) is 1.72. The monoisotopic (exact) mass is 360 g/mol. The van der Waals surface area contributed by atoms with Crippen LogP contribution in [-0.2, 0) is 16.4 Å². The van der Waals surface area contributed by atoms with Crippen molar-refractivity contribution in [3.8, 4) is 0 Å². The van der Waals surface area contributed by atoms with Crippen molar-refractivity contribution >= 4 is 15.9 Å². The number of amides is 1. The van der Waals surface area contributed by atoms with Crippen molar-refractivity contribution in [2.24, 2.45) is 0 Å². The summed E-state index contributed by atoms with van der Waals surface area (Å²) >= 11 is 0. The van der Waals surface area contributed by atoms with E-state index in [1.807, 2.05) is 6.92 Å². The quantitative estimate of drug-likeness (QED) is 0.715. The number of carbonyl (C=O) groups excluding carboxylic acids is 1. The molecule has 2 aromatic heterocycles. The van der Waals surface area contributed by atoms with Gasteiger partial charge in [-0.25, -0.2) is 13.1 Å². The Bertz CT molecular complexity index is 1010. The normalized spacial score (nSPS) is 11.4. The molecule has 0 fully saturated rings. The molecule has 25 heavy (non-hydrogen) atoms. The fourth-order valence-corrected chi connectivity index (χ4v) is 3.58. The first-order chi connectivity index (χ1) is 11.8. The van der Waals surface area contributed by atoms with Gasteiger partial charge in [0, 0.05) is 12.4 Å². The highest BCUT2D eigenvalue weighted by Crippen LogP contribution is 2.20. The molecule has 3 rings (SSSR count). The number of H-pyrrole nitrogens is 1. The van der Waals surface area contributed by atoms with E-state index in [1.54, 1.807) is 19.1 Å². The van der Waals surface area contributed by atoms with Crippen molar-refractivity contribution in [3.63, 3.8) is 0 Å². The number of aromatic amines is 1. The van der Waals surface area contributed by atoms with Gasteiger partial charge in [0.2, 0.25) is 5.89 Å². The molecule has 9 heteroatoms. The van der Waals surface area contributed by atoms with Crippen molar-refractivity contribution in [2.45, 2.75) is 25.2 Å². The number of hydrogen-bond acceptors (Lipinski definition) is 6. The summed E-state index contributed by atoms with van der Waals surface area (Å²) < 4.78 is 32.5. The lowest BCUT2D eigenvalue weighted by atomic mass is 10.1. The topological polar surface area (TPSA) is 118 Å². The molecule has 0 radical (unpaired) electrons. The lowest BCUT2D eigenvalue weighted by molar-refractivity contribution is 0.0981. The molecule has 130 valence electrons. The zero-order valence-corrected chi connectivity index (χ0v) is 14.4. The number of rotatable bonds is 5. The van der Waals surface area contributed by atoms with Crippen LogP contribution in [0.4, 0.5) is 0 Å². The predicted molar refractivity (Wildman–Crippen MR) is 88.5 cm³/mol. The minimum absolute atomic E-state index is 0.00200. The lowest BCUT2D eigenvalue weighted by Gasteiger charge is -2.11. The van der Waals surface area contributed by atoms with Gasteiger partial charge in [-0.1, -0.05) is 22.9 Å². The molecule has 0 atom stereocenters. The summed E-state index contributed by atoms with van der Waals surface area (Å²) in [6.07, 6.45) is 3.11. The first-order valence-electron chi connectivity index (χ1n) is 7.44. The minimum atomic E-state index is -4.05. The van der Waals surface area contributed by atoms with E-state index >= 15 is 0 Å². The Kier molecular flexibility index (Phi) is 4.41. The number of nitrogens with one attached hydrogen (secondary N) is 2. The maximum absolute atomic E-state index is 12.7. The molecule has 2 N–H and O–H groups in total. The maximum atomic E-state index is 12.7. The van der Waals surface area contributed by atoms with E-state index in [0.29, 0.717) is 17.3 Å². The molecule has 0 saturated heterocycles. The molecule has 8 nitrogen and oxygen atoms in total. The summed E-state index contributed by atoms with van der Waals surface area (Å²) in [5.74, 6) is 0.0609. The zero-order chi connectivity index (χ0) is 18.0. The average molecular weight is 360 g/mol. The van der Waals surface area contributed by atoms with Gasteiger partial charge in [0.05, 0.1) is 16.9 Å². The van der Waals surface area contributed by atoms with Crippen LogP contribution >= 0.6 is 0 Å². The standard InChI is InChI=1S/C16H16N4O4S/c1-10-3-4-14(13(7-10)8-15-18-11(2)19-24-15)25(22,23)20-16(21)12-5-6-17-9-12/h3-7,9,17H,8H2,1-2H3,(H,20,21). The Morgan fingerprint density at radius 1 is 1.28 bits per heavy atom. The second-order valence-electron chi connectivity index (χ2n) is 5.56. The first-order valence-corrected chi connectivity index (χ1v) is 8.92. The third-order valence-electron chi connectivity index (χ3n) is 3.50. The molecular weight excluding hydrogens is 344 g/mol. The highest BCUT2D eigenvalue weighted by Gasteiger charge is 2.23. The van der Waals surface area contributed by atoms with Gasteiger partial charge in [0.15, 0.2) is 5.82 Å². The number of hydrogen-bond donors (Lipinski definition) is 2. The molecule has 0 aliphatic carbocycles. The van der Waals surface area contributed by atoms with Crippen LogP contribution in [0.5, 0.6) is 0 Å². The number of benzene rings is 1. The van der Waals surface area contributed by atoms with Crippen LogP contribution in [0.1, 0.15) is 33.2 Å². The second-order valence-corrected chi connectivity index (χ2v) is 7.21. The Labute approximate surface area is 144 Å². The Morgan fingerprint density at radius 2 is 2.08 bits per heavy atom. The molecule has 0 bridgehead atoms. The van der Waals surface area contributed by atoms with E-state index in [4.69, 9.17) is 4.52 Å². The molecule has 1 aromatic carbocycles. The summed E-state index contributed by atoms with van der Waals surface area (Å²) in [6.45, 7) is 3.52. The minimum Gasteiger partial charge on any atom is -0.367 e. The van der Waals surface area contributed by atoms with Crippen LogP contribution in [0.3, 0.4) is 0 Å². The van der Waals surface area contributed by atoms with Crippen molar-refractivity contribution in [1.29, 1.82) is 0 Å². The fourth-order valence-electron chi connectivity index (χ4n) is 2.38. The van der Waals surface area contributed by atoms with Gasteiger partial charge in [-0.15, -0.1) is 0 Å². The van der Waals surface area contributed by atoms with Gasteiger partial charge in [-0.2, -0.15) is 4.98 Å². The summed E-state index contributed by atoms with van der Waals surface area (Å²) in [6, 6.07) is 6.33. The Balaban J connectivity index is 1.93. The van der Waals surface area contributed by atoms with Gasteiger partial charge < -0.3 is 9.51 Å². The van der Waals surface area contributed by atoms with Crippen molar-refractivity contribution in [2.75, 3.05) is 0 Å². The largest absolute Gasteiger partial charge is 0.367 e. The number of carbonyl (C=O) groups is 1. The maximum Gasteiger partial charge on any atom is 0.266 e. The fraction of sp³-hybridized carbons (Fsp3) is 0.188. The SMILES string of the molecule is Cc1ccc(S(=O)(=O)NC(=O)c2cc[nH]c2)c(Cc2nc(C)no2)c1. The van der Waals surface area contributed by atoms with E-state index in [0.717, 1.165) is 5.56 Å². The molecule has 2 heterocycles. The van der Waals surface area contributed by atoms with Gasteiger partial charge in [0.25, 0.3) is 15.9 Å². The van der Waals surface area contributed by atoms with Crippen LogP contribution in [-0.4, -0.2) is 29.4 Å². The second kappa shape index (κ2) is 6.52. The molecular formula is C16H16N4O4S.